The van der Waals surface area contributed by atoms with Gasteiger partial charge in [0.05, 0.1) is 30.1 Å². The van der Waals surface area contributed by atoms with Gasteiger partial charge in [-0.2, -0.15) is 0 Å². The Labute approximate surface area is 169 Å². The molecule has 6 nitrogen and oxygen atoms in total. The summed E-state index contributed by atoms with van der Waals surface area (Å²) < 4.78 is 19.3. The summed E-state index contributed by atoms with van der Waals surface area (Å²) >= 11 is 0. The van der Waals surface area contributed by atoms with Gasteiger partial charge in [-0.05, 0) is 56.5 Å². The number of hydrogen-bond acceptors (Lipinski definition) is 5. The minimum absolute atomic E-state index is 0.253. The summed E-state index contributed by atoms with van der Waals surface area (Å²) in [5, 5.41) is 9.39. The van der Waals surface area contributed by atoms with Crippen LogP contribution in [0.5, 0.6) is 5.75 Å². The van der Waals surface area contributed by atoms with Gasteiger partial charge in [0.25, 0.3) is 5.91 Å². The molecular formula is C22H24FN3O3. The lowest BCUT2D eigenvalue weighted by Gasteiger charge is -2.29. The van der Waals surface area contributed by atoms with Crippen LogP contribution in [-0.2, 0) is 10.2 Å². The fraction of sp³-hybridized carbons (Fsp3) is 0.318. The number of carbonyl (C=O) groups is 1. The highest BCUT2D eigenvalue weighted by Crippen LogP contribution is 2.46. The molecule has 0 radical (unpaired) electrons. The number of methoxy groups -OCH3 is 1. The van der Waals surface area contributed by atoms with Crippen molar-refractivity contribution in [3.05, 3.63) is 70.4 Å². The van der Waals surface area contributed by atoms with E-state index in [-0.39, 0.29) is 12.2 Å². The summed E-state index contributed by atoms with van der Waals surface area (Å²) in [7, 11) is 1.57. The van der Waals surface area contributed by atoms with E-state index in [0.717, 1.165) is 11.3 Å². The number of aromatic nitrogens is 1. The predicted octanol–water partition coefficient (Wildman–Crippen LogP) is 3.86. The predicted molar refractivity (Wildman–Crippen MR) is 108 cm³/mol. The van der Waals surface area contributed by atoms with E-state index in [2.05, 4.69) is 4.98 Å². The lowest BCUT2D eigenvalue weighted by atomic mass is 9.74. The van der Waals surface area contributed by atoms with E-state index in [1.807, 2.05) is 19.9 Å². The normalized spacial score (nSPS) is 19.4. The highest BCUT2D eigenvalue weighted by atomic mass is 19.1. The van der Waals surface area contributed by atoms with Crippen LogP contribution in [0.4, 0.5) is 4.39 Å². The standard InChI is InChI=1S/C22H24FN3O3/c1-13-10-22(21(27)26-28,17-6-5-7-18(23)14(17)2)11-20(13)25-15(3)19-9-8-16(29-4)12-24-19/h5-9,12,28H,10-11H2,1-4H3,(H,26,27)/t22-/m0/s1. The molecule has 0 spiro atoms. The molecule has 3 rings (SSSR count). The van der Waals surface area contributed by atoms with Crippen LogP contribution >= 0.6 is 0 Å². The molecule has 1 aromatic heterocycles. The molecule has 1 aliphatic carbocycles. The molecule has 0 aliphatic heterocycles. The van der Waals surface area contributed by atoms with Gasteiger partial charge in [-0.1, -0.05) is 17.7 Å². The third kappa shape index (κ3) is 3.78. The van der Waals surface area contributed by atoms with Crippen LogP contribution in [0.2, 0.25) is 0 Å². The molecule has 1 aliphatic rings. The molecule has 7 heteroatoms. The summed E-state index contributed by atoms with van der Waals surface area (Å²) in [6, 6.07) is 8.28. The molecule has 0 saturated carbocycles. The molecule has 1 atom stereocenters. The Bertz CT molecular complexity index is 999. The zero-order chi connectivity index (χ0) is 21.2. The first-order valence-corrected chi connectivity index (χ1v) is 9.27. The molecule has 2 N–H and O–H groups in total. The van der Waals surface area contributed by atoms with Crippen LogP contribution in [0.25, 0.3) is 0 Å². The average molecular weight is 397 g/mol. The van der Waals surface area contributed by atoms with Crippen molar-refractivity contribution in [2.75, 3.05) is 7.11 Å². The summed E-state index contributed by atoms with van der Waals surface area (Å²) in [5.41, 5.74) is 4.62. The number of benzene rings is 1. The van der Waals surface area contributed by atoms with Crippen molar-refractivity contribution >= 4 is 11.6 Å². The Morgan fingerprint density at radius 2 is 2.03 bits per heavy atom. The van der Waals surface area contributed by atoms with Gasteiger partial charge >= 0.3 is 0 Å². The number of carbonyl (C=O) groups excluding carboxylic acids is 1. The minimum Gasteiger partial charge on any atom is -0.495 e. The molecule has 0 unspecified atom stereocenters. The van der Waals surface area contributed by atoms with E-state index in [0.29, 0.717) is 34.7 Å². The SMILES string of the molecule is COc1ccc(C(C)=NC2=C(C)C[C@@](C(=O)NO)(c3cccc(F)c3C)C2)nc1. The van der Waals surface area contributed by atoms with Crippen LogP contribution in [-0.4, -0.2) is 28.9 Å². The number of amides is 1. The zero-order valence-corrected chi connectivity index (χ0v) is 16.9. The van der Waals surface area contributed by atoms with E-state index in [1.165, 1.54) is 6.07 Å². The van der Waals surface area contributed by atoms with E-state index in [1.54, 1.807) is 43.9 Å². The van der Waals surface area contributed by atoms with Gasteiger partial charge in [-0.3, -0.25) is 20.0 Å². The van der Waals surface area contributed by atoms with E-state index >= 15 is 0 Å². The summed E-state index contributed by atoms with van der Waals surface area (Å²) in [6.07, 6.45) is 2.21. The first-order valence-electron chi connectivity index (χ1n) is 9.27. The maximum atomic E-state index is 14.2. The van der Waals surface area contributed by atoms with Crippen molar-refractivity contribution in [2.24, 2.45) is 4.99 Å². The van der Waals surface area contributed by atoms with Crippen molar-refractivity contribution in [1.82, 2.24) is 10.5 Å². The lowest BCUT2D eigenvalue weighted by molar-refractivity contribution is -0.135. The van der Waals surface area contributed by atoms with Crippen molar-refractivity contribution < 1.29 is 19.1 Å². The highest BCUT2D eigenvalue weighted by molar-refractivity contribution is 5.98. The zero-order valence-electron chi connectivity index (χ0n) is 16.9. The number of hydroxylamine groups is 1. The van der Waals surface area contributed by atoms with Crippen LogP contribution in [0.3, 0.4) is 0 Å². The minimum atomic E-state index is -1.11. The molecule has 1 amide bonds. The Kier molecular flexibility index (Phi) is 5.79. The second-order valence-electron chi connectivity index (χ2n) is 7.30. The van der Waals surface area contributed by atoms with Crippen LogP contribution < -0.4 is 10.2 Å². The number of nitrogens with one attached hydrogen (secondary N) is 1. The largest absolute Gasteiger partial charge is 0.495 e. The fourth-order valence-corrected chi connectivity index (χ4v) is 3.87. The molecule has 152 valence electrons. The van der Waals surface area contributed by atoms with Gasteiger partial charge < -0.3 is 4.74 Å². The van der Waals surface area contributed by atoms with E-state index in [9.17, 15) is 14.4 Å². The monoisotopic (exact) mass is 397 g/mol. The number of rotatable bonds is 5. The summed E-state index contributed by atoms with van der Waals surface area (Å²) in [6.45, 7) is 5.38. The maximum Gasteiger partial charge on any atom is 0.254 e. The third-order valence-electron chi connectivity index (χ3n) is 5.49. The Hall–Kier alpha value is -3.06. The first kappa shape index (κ1) is 20.7. The molecular weight excluding hydrogens is 373 g/mol. The molecule has 0 saturated heterocycles. The molecule has 1 aromatic carbocycles. The van der Waals surface area contributed by atoms with Crippen molar-refractivity contribution in [3.8, 4) is 5.75 Å². The average Bonchev–Trinajstić information content (AvgIpc) is 3.06. The van der Waals surface area contributed by atoms with Gasteiger partial charge in [0.15, 0.2) is 0 Å². The Balaban J connectivity index is 1.99. The van der Waals surface area contributed by atoms with Crippen molar-refractivity contribution in [1.29, 1.82) is 0 Å². The van der Waals surface area contributed by atoms with Crippen molar-refractivity contribution in [2.45, 2.75) is 39.0 Å². The Morgan fingerprint density at radius 3 is 2.66 bits per heavy atom. The molecule has 0 bridgehead atoms. The molecule has 2 aromatic rings. The number of nitrogens with zero attached hydrogens (tertiary/aromatic N) is 2. The summed E-state index contributed by atoms with van der Waals surface area (Å²) in [4.78, 5) is 21.8. The quantitative estimate of drug-likeness (QED) is 0.456. The molecule has 29 heavy (non-hydrogen) atoms. The van der Waals surface area contributed by atoms with Crippen molar-refractivity contribution in [3.63, 3.8) is 0 Å². The Morgan fingerprint density at radius 1 is 1.28 bits per heavy atom. The van der Waals surface area contributed by atoms with Gasteiger partial charge in [0, 0.05) is 12.1 Å². The number of hydrogen-bond donors (Lipinski definition) is 2. The van der Waals surface area contributed by atoms with Gasteiger partial charge in [-0.15, -0.1) is 0 Å². The number of aliphatic imine (C=N–C) groups is 1. The second-order valence-corrected chi connectivity index (χ2v) is 7.30. The molecule has 1 heterocycles. The summed E-state index contributed by atoms with van der Waals surface area (Å²) in [5.74, 6) is -0.310. The fourth-order valence-electron chi connectivity index (χ4n) is 3.87. The lowest BCUT2D eigenvalue weighted by Crippen LogP contribution is -2.42. The first-order chi connectivity index (χ1) is 13.8. The molecule has 0 fully saturated rings. The maximum absolute atomic E-state index is 14.2. The smallest absolute Gasteiger partial charge is 0.254 e. The van der Waals surface area contributed by atoms with Crippen LogP contribution in [0, 0.1) is 12.7 Å². The van der Waals surface area contributed by atoms with Gasteiger partial charge in [0.2, 0.25) is 0 Å². The topological polar surface area (TPSA) is 83.8 Å². The van der Waals surface area contributed by atoms with Crippen LogP contribution in [0.1, 0.15) is 43.5 Å². The number of pyridine rings is 1. The number of allylic oxidation sites excluding steroid dienone is 2. The van der Waals surface area contributed by atoms with Gasteiger partial charge in [-0.25, -0.2) is 9.87 Å². The van der Waals surface area contributed by atoms with E-state index < -0.39 is 11.3 Å². The van der Waals surface area contributed by atoms with Crippen LogP contribution in [0.15, 0.2) is 52.8 Å². The van der Waals surface area contributed by atoms with Gasteiger partial charge in [0.1, 0.15) is 11.6 Å². The third-order valence-corrected chi connectivity index (χ3v) is 5.49. The van der Waals surface area contributed by atoms with E-state index in [4.69, 9.17) is 9.73 Å². The number of ether oxygens (including phenoxy) is 1. The number of halogens is 1. The second kappa shape index (κ2) is 8.13. The highest BCUT2D eigenvalue weighted by Gasteiger charge is 2.46.